The van der Waals surface area contributed by atoms with Crippen molar-refractivity contribution in [2.24, 2.45) is 11.8 Å². The van der Waals surface area contributed by atoms with Crippen LogP contribution in [0.4, 0.5) is 18.9 Å². The molecule has 2 aliphatic rings. The highest BCUT2D eigenvalue weighted by atomic mass is 35.5. The maximum Gasteiger partial charge on any atom is 0.430 e. The Morgan fingerprint density at radius 1 is 1.08 bits per heavy atom. The van der Waals surface area contributed by atoms with Crippen LogP contribution in [0.25, 0.3) is 0 Å². The maximum absolute atomic E-state index is 14.0. The average molecular weight is 568 g/mol. The van der Waals surface area contributed by atoms with Gasteiger partial charge in [-0.15, -0.1) is 0 Å². The Morgan fingerprint density at radius 2 is 1.74 bits per heavy atom. The molecule has 0 saturated carbocycles. The first-order chi connectivity index (χ1) is 18.3. The lowest BCUT2D eigenvalue weighted by molar-refractivity contribution is -0.264. The Balaban J connectivity index is 1.32. The van der Waals surface area contributed by atoms with Crippen LogP contribution in [0.2, 0.25) is 5.02 Å². The molecule has 1 atom stereocenters. The molecule has 11 heteroatoms. The zero-order valence-electron chi connectivity index (χ0n) is 22.2. The molecule has 0 radical (unpaired) electrons. The lowest BCUT2D eigenvalue weighted by Crippen LogP contribution is -2.61. The summed E-state index contributed by atoms with van der Waals surface area (Å²) < 4.78 is 47.0. The number of rotatable bonds is 7. The van der Waals surface area contributed by atoms with Gasteiger partial charge in [0.25, 0.3) is 17.4 Å². The van der Waals surface area contributed by atoms with Crippen LogP contribution in [-0.4, -0.2) is 80.3 Å². The number of nitrogens with zero attached hydrogens (tertiary/aromatic N) is 3. The van der Waals surface area contributed by atoms with E-state index in [0.29, 0.717) is 16.5 Å². The van der Waals surface area contributed by atoms with E-state index in [1.165, 1.54) is 24.1 Å². The molecule has 2 heterocycles. The summed E-state index contributed by atoms with van der Waals surface area (Å²) in [6, 6.07) is 10.3. The quantitative estimate of drug-likeness (QED) is 0.531. The minimum Gasteiger partial charge on any atom is -0.497 e. The van der Waals surface area contributed by atoms with Crippen molar-refractivity contribution in [2.75, 3.05) is 52.3 Å². The van der Waals surface area contributed by atoms with E-state index in [1.807, 2.05) is 6.07 Å². The molecule has 7 nitrogen and oxygen atoms in total. The third kappa shape index (κ3) is 5.82. The summed E-state index contributed by atoms with van der Waals surface area (Å²) >= 11 is 6.36. The van der Waals surface area contributed by atoms with E-state index in [-0.39, 0.29) is 30.7 Å². The molecule has 0 spiro atoms. The number of amides is 2. The molecule has 0 aromatic heterocycles. The normalized spacial score (nSPS) is 18.4. The summed E-state index contributed by atoms with van der Waals surface area (Å²) in [5, 5.41) is 11.1. The first-order valence-corrected chi connectivity index (χ1v) is 13.2. The summed E-state index contributed by atoms with van der Waals surface area (Å²) in [5.41, 5.74) is -2.80. The Bertz CT molecular complexity index is 1210. The van der Waals surface area contributed by atoms with Crippen molar-refractivity contribution in [3.63, 3.8) is 0 Å². The fourth-order valence-electron chi connectivity index (χ4n) is 5.38. The minimum atomic E-state index is -5.19. The second-order valence-electron chi connectivity index (χ2n) is 10.5. The van der Waals surface area contributed by atoms with Gasteiger partial charge >= 0.3 is 6.18 Å². The van der Waals surface area contributed by atoms with Crippen LogP contribution >= 0.6 is 11.6 Å². The van der Waals surface area contributed by atoms with Crippen LogP contribution in [-0.2, 0) is 10.4 Å². The maximum atomic E-state index is 14.0. The highest BCUT2D eigenvalue weighted by molar-refractivity contribution is 6.34. The lowest BCUT2D eigenvalue weighted by Gasteiger charge is -2.45. The summed E-state index contributed by atoms with van der Waals surface area (Å²) in [7, 11) is 4.65. The standard InChI is InChI=1S/C28H33ClF3N3O4/c1-33(2)25(36)23-8-7-21(15-24(23)29)34-11-9-18(10-12-34)13-19-16-35(17-19)26(37)27(38,28(30,31)32)20-5-4-6-22(14-20)39-3/h4-8,14-15,18-19,38H,9-13,16-17H2,1-3H3. The van der Waals surface area contributed by atoms with Crippen molar-refractivity contribution >= 4 is 29.1 Å². The van der Waals surface area contributed by atoms with E-state index in [1.54, 1.807) is 26.2 Å². The van der Waals surface area contributed by atoms with Crippen molar-refractivity contribution in [1.29, 1.82) is 0 Å². The number of anilines is 1. The fourth-order valence-corrected chi connectivity index (χ4v) is 5.64. The average Bonchev–Trinajstić information content (AvgIpc) is 2.88. The van der Waals surface area contributed by atoms with Crippen molar-refractivity contribution in [3.8, 4) is 5.75 Å². The van der Waals surface area contributed by atoms with Gasteiger partial charge in [0, 0.05) is 51.5 Å². The first kappa shape index (κ1) is 29.0. The second kappa shape index (κ2) is 11.3. The zero-order valence-corrected chi connectivity index (χ0v) is 22.9. The van der Waals surface area contributed by atoms with Crippen molar-refractivity contribution in [3.05, 3.63) is 58.6 Å². The Labute approximate surface area is 231 Å². The van der Waals surface area contributed by atoms with Crippen LogP contribution in [0, 0.1) is 11.8 Å². The number of halogens is 4. The van der Waals surface area contributed by atoms with Gasteiger partial charge in [-0.25, -0.2) is 0 Å². The van der Waals surface area contributed by atoms with E-state index < -0.39 is 23.2 Å². The predicted molar refractivity (Wildman–Crippen MR) is 142 cm³/mol. The Morgan fingerprint density at radius 3 is 2.31 bits per heavy atom. The molecule has 4 rings (SSSR count). The van der Waals surface area contributed by atoms with Gasteiger partial charge in [-0.2, -0.15) is 13.2 Å². The molecule has 1 N–H and O–H groups in total. The van der Waals surface area contributed by atoms with Gasteiger partial charge in [0.2, 0.25) is 0 Å². The number of carbonyl (C=O) groups is 2. The summed E-state index contributed by atoms with van der Waals surface area (Å²) in [6.45, 7) is 1.94. The zero-order chi connectivity index (χ0) is 28.5. The monoisotopic (exact) mass is 567 g/mol. The van der Waals surface area contributed by atoms with E-state index in [4.69, 9.17) is 16.3 Å². The number of likely N-dealkylation sites (tertiary alicyclic amines) is 1. The summed E-state index contributed by atoms with van der Waals surface area (Å²) in [5.74, 6) is -0.929. The van der Waals surface area contributed by atoms with E-state index in [0.717, 1.165) is 55.1 Å². The summed E-state index contributed by atoms with van der Waals surface area (Å²) in [4.78, 5) is 29.9. The number of hydrogen-bond acceptors (Lipinski definition) is 5. The van der Waals surface area contributed by atoms with Gasteiger partial charge < -0.3 is 24.5 Å². The molecule has 2 aliphatic heterocycles. The van der Waals surface area contributed by atoms with Crippen molar-refractivity contribution in [2.45, 2.75) is 31.0 Å². The molecule has 0 aliphatic carbocycles. The molecule has 2 aromatic carbocycles. The molecule has 2 aromatic rings. The molecule has 2 saturated heterocycles. The number of hydrogen-bond donors (Lipinski definition) is 1. The first-order valence-electron chi connectivity index (χ1n) is 12.8. The Kier molecular flexibility index (Phi) is 8.37. The number of ether oxygens (including phenoxy) is 1. The summed E-state index contributed by atoms with van der Waals surface area (Å²) in [6.07, 6.45) is -2.58. The highest BCUT2D eigenvalue weighted by Crippen LogP contribution is 2.43. The molecule has 39 heavy (non-hydrogen) atoms. The van der Waals surface area contributed by atoms with Gasteiger partial charge in [-0.05, 0) is 61.4 Å². The molecule has 212 valence electrons. The third-order valence-electron chi connectivity index (χ3n) is 7.69. The fraction of sp³-hybridized carbons (Fsp3) is 0.500. The number of alkyl halides is 3. The number of methoxy groups -OCH3 is 1. The van der Waals surface area contributed by atoms with Gasteiger partial charge in [-0.3, -0.25) is 9.59 Å². The highest BCUT2D eigenvalue weighted by Gasteiger charge is 2.63. The SMILES string of the molecule is COc1cccc(C(O)(C(=O)N2CC(CC3CCN(c4ccc(C(=O)N(C)C)c(Cl)c4)CC3)C2)C(F)(F)F)c1. The van der Waals surface area contributed by atoms with Crippen LogP contribution in [0.1, 0.15) is 35.2 Å². The molecule has 2 amide bonds. The molecular weight excluding hydrogens is 535 g/mol. The molecule has 2 fully saturated rings. The second-order valence-corrected chi connectivity index (χ2v) is 11.0. The smallest absolute Gasteiger partial charge is 0.430 e. The predicted octanol–water partition coefficient (Wildman–Crippen LogP) is 4.57. The van der Waals surface area contributed by atoms with Crippen molar-refractivity contribution in [1.82, 2.24) is 9.80 Å². The number of piperidine rings is 1. The topological polar surface area (TPSA) is 73.3 Å². The minimum absolute atomic E-state index is 0.0825. The molecule has 0 bridgehead atoms. The van der Waals surface area contributed by atoms with Crippen molar-refractivity contribution < 1.29 is 32.6 Å². The van der Waals surface area contributed by atoms with Crippen LogP contribution in [0.15, 0.2) is 42.5 Å². The Hall–Kier alpha value is -2.98. The number of carbonyl (C=O) groups excluding carboxylic acids is 2. The number of benzene rings is 2. The largest absolute Gasteiger partial charge is 0.497 e. The van der Waals surface area contributed by atoms with Gasteiger partial charge in [0.05, 0.1) is 17.7 Å². The lowest BCUT2D eigenvalue weighted by atomic mass is 9.82. The third-order valence-corrected chi connectivity index (χ3v) is 8.00. The van der Waals surface area contributed by atoms with Gasteiger partial charge in [-0.1, -0.05) is 23.7 Å². The van der Waals surface area contributed by atoms with Crippen LogP contribution in [0.3, 0.4) is 0 Å². The van der Waals surface area contributed by atoms with E-state index >= 15 is 0 Å². The molecular formula is C28H33ClF3N3O4. The van der Waals surface area contributed by atoms with Gasteiger partial charge in [0.1, 0.15) is 5.75 Å². The van der Waals surface area contributed by atoms with Gasteiger partial charge in [0.15, 0.2) is 0 Å². The van der Waals surface area contributed by atoms with E-state index in [2.05, 4.69) is 4.90 Å². The van der Waals surface area contributed by atoms with Crippen LogP contribution in [0.5, 0.6) is 5.75 Å². The molecule has 1 unspecified atom stereocenters. The number of aliphatic hydroxyl groups is 1. The van der Waals surface area contributed by atoms with Crippen LogP contribution < -0.4 is 9.64 Å². The van der Waals surface area contributed by atoms with E-state index in [9.17, 15) is 27.9 Å².